The first-order valence-electron chi connectivity index (χ1n) is 15.0. The van der Waals surface area contributed by atoms with Crippen LogP contribution in [-0.4, -0.2) is 77.1 Å². The van der Waals surface area contributed by atoms with Crippen LogP contribution in [0.15, 0.2) is 96.6 Å². The Kier molecular flexibility index (Phi) is 11.3. The first-order valence-corrected chi connectivity index (χ1v) is 16.1. The number of nitrogens with zero attached hydrogens (tertiary/aromatic N) is 2. The SMILES string of the molecule is O=C(Nc1ccccc1)C1=CC(Cc2ccccc2)(N(CNc2cccc(OCCN3CCOCC3)c2)C(=O)C(Cl)(Cl)Cl)CC1. The smallest absolute Gasteiger partial charge is 0.276 e. The number of para-hydroxylation sites is 1. The highest BCUT2D eigenvalue weighted by Gasteiger charge is 2.47. The molecule has 1 aliphatic heterocycles. The first kappa shape index (κ1) is 33.1. The zero-order valence-electron chi connectivity index (χ0n) is 24.9. The minimum Gasteiger partial charge on any atom is -0.492 e. The van der Waals surface area contributed by atoms with Crippen molar-refractivity contribution in [1.29, 1.82) is 0 Å². The molecule has 1 atom stereocenters. The molecule has 1 heterocycles. The maximum Gasteiger partial charge on any atom is 0.276 e. The van der Waals surface area contributed by atoms with Crippen LogP contribution < -0.4 is 15.4 Å². The van der Waals surface area contributed by atoms with E-state index < -0.39 is 15.2 Å². The summed E-state index contributed by atoms with van der Waals surface area (Å²) in [5.74, 6) is -0.214. The van der Waals surface area contributed by atoms with E-state index in [1.54, 1.807) is 4.90 Å². The van der Waals surface area contributed by atoms with E-state index in [0.29, 0.717) is 42.9 Å². The zero-order valence-corrected chi connectivity index (χ0v) is 27.2. The fourth-order valence-corrected chi connectivity index (χ4v) is 6.00. The van der Waals surface area contributed by atoms with Gasteiger partial charge in [0.2, 0.25) is 0 Å². The van der Waals surface area contributed by atoms with Crippen molar-refractivity contribution in [1.82, 2.24) is 9.80 Å². The van der Waals surface area contributed by atoms with Crippen LogP contribution in [0.2, 0.25) is 0 Å². The van der Waals surface area contributed by atoms with Crippen molar-refractivity contribution in [2.75, 3.05) is 56.8 Å². The van der Waals surface area contributed by atoms with Crippen molar-refractivity contribution < 1.29 is 19.1 Å². The minimum atomic E-state index is -2.21. The molecule has 11 heteroatoms. The lowest BCUT2D eigenvalue weighted by atomic mass is 9.88. The summed E-state index contributed by atoms with van der Waals surface area (Å²) < 4.78 is 9.23. The molecule has 2 amide bonds. The number of hydrogen-bond donors (Lipinski definition) is 2. The highest BCUT2D eigenvalue weighted by atomic mass is 35.6. The van der Waals surface area contributed by atoms with Crippen LogP contribution >= 0.6 is 34.8 Å². The van der Waals surface area contributed by atoms with Crippen LogP contribution in [0.1, 0.15) is 18.4 Å². The summed E-state index contributed by atoms with van der Waals surface area (Å²) in [6.07, 6.45) is 3.20. The summed E-state index contributed by atoms with van der Waals surface area (Å²) in [4.78, 5) is 31.0. The van der Waals surface area contributed by atoms with Gasteiger partial charge in [0.05, 0.1) is 25.4 Å². The van der Waals surface area contributed by atoms with Gasteiger partial charge in [0, 0.05) is 42.6 Å². The number of carbonyl (C=O) groups is 2. The van der Waals surface area contributed by atoms with Crippen molar-refractivity contribution in [2.24, 2.45) is 0 Å². The number of rotatable bonds is 12. The molecular formula is C34H37Cl3N4O4. The summed E-state index contributed by atoms with van der Waals surface area (Å²) >= 11 is 18.7. The van der Waals surface area contributed by atoms with Crippen molar-refractivity contribution in [3.8, 4) is 5.75 Å². The number of halogens is 3. The molecule has 1 fully saturated rings. The lowest BCUT2D eigenvalue weighted by molar-refractivity contribution is -0.134. The van der Waals surface area contributed by atoms with E-state index in [4.69, 9.17) is 44.3 Å². The Balaban J connectivity index is 1.37. The maximum absolute atomic E-state index is 13.8. The fourth-order valence-electron chi connectivity index (χ4n) is 5.70. The molecule has 0 spiro atoms. The van der Waals surface area contributed by atoms with E-state index >= 15 is 0 Å². The molecule has 238 valence electrons. The average Bonchev–Trinajstić information content (AvgIpc) is 3.47. The molecule has 2 aliphatic rings. The fraction of sp³-hybridized carbons (Fsp3) is 0.353. The highest BCUT2D eigenvalue weighted by molar-refractivity contribution is 6.76. The Hall–Kier alpha value is -3.27. The lowest BCUT2D eigenvalue weighted by Gasteiger charge is -2.42. The first-order chi connectivity index (χ1) is 21.7. The quantitative estimate of drug-likeness (QED) is 0.174. The molecule has 8 nitrogen and oxygen atoms in total. The average molecular weight is 672 g/mol. The number of alkyl halides is 3. The van der Waals surface area contributed by atoms with Gasteiger partial charge < -0.3 is 25.0 Å². The standard InChI is InChI=1S/C34H37Cl3N4O4/c35-34(36,37)32(43)41(25-38-29-12-7-13-30(22-29)45-21-18-40-16-19-44-20-17-40)33(23-26-8-3-1-4-9-26)15-14-27(24-33)31(42)39-28-10-5-2-6-11-28/h1-13,22,24,38H,14-21,23,25H2,(H,39,42). The molecule has 3 aromatic carbocycles. The minimum absolute atomic E-state index is 0.0287. The summed E-state index contributed by atoms with van der Waals surface area (Å²) in [6.45, 7) is 4.65. The van der Waals surface area contributed by atoms with Crippen LogP contribution in [-0.2, 0) is 20.7 Å². The Morgan fingerprint density at radius 1 is 0.933 bits per heavy atom. The summed E-state index contributed by atoms with van der Waals surface area (Å²) in [7, 11) is 0. The van der Waals surface area contributed by atoms with E-state index in [1.165, 1.54) is 0 Å². The Bertz CT molecular complexity index is 1460. The van der Waals surface area contributed by atoms with Gasteiger partial charge >= 0.3 is 0 Å². The van der Waals surface area contributed by atoms with Crippen LogP contribution in [0.4, 0.5) is 11.4 Å². The van der Waals surface area contributed by atoms with Gasteiger partial charge in [-0.05, 0) is 55.2 Å². The van der Waals surface area contributed by atoms with Gasteiger partial charge in [0.25, 0.3) is 15.6 Å². The molecule has 0 saturated carbocycles. The lowest BCUT2D eigenvalue weighted by Crippen LogP contribution is -2.56. The van der Waals surface area contributed by atoms with E-state index in [2.05, 4.69) is 15.5 Å². The van der Waals surface area contributed by atoms with E-state index in [9.17, 15) is 9.59 Å². The maximum atomic E-state index is 13.8. The molecule has 0 radical (unpaired) electrons. The van der Waals surface area contributed by atoms with Crippen molar-refractivity contribution >= 4 is 58.0 Å². The predicted octanol–water partition coefficient (Wildman–Crippen LogP) is 6.31. The largest absolute Gasteiger partial charge is 0.492 e. The number of benzene rings is 3. The number of nitrogens with one attached hydrogen (secondary N) is 2. The highest BCUT2D eigenvalue weighted by Crippen LogP contribution is 2.41. The molecular weight excluding hydrogens is 635 g/mol. The van der Waals surface area contributed by atoms with Crippen molar-refractivity contribution in [3.63, 3.8) is 0 Å². The molecule has 0 aromatic heterocycles. The number of hydrogen-bond acceptors (Lipinski definition) is 6. The van der Waals surface area contributed by atoms with Crippen LogP contribution in [0.5, 0.6) is 5.75 Å². The molecule has 1 unspecified atom stereocenters. The Morgan fingerprint density at radius 3 is 2.33 bits per heavy atom. The topological polar surface area (TPSA) is 83.1 Å². The monoisotopic (exact) mass is 670 g/mol. The second-order valence-electron chi connectivity index (χ2n) is 11.2. The third-order valence-electron chi connectivity index (χ3n) is 8.03. The van der Waals surface area contributed by atoms with E-state index in [0.717, 1.165) is 44.1 Å². The van der Waals surface area contributed by atoms with Crippen LogP contribution in [0, 0.1) is 0 Å². The van der Waals surface area contributed by atoms with E-state index in [1.807, 2.05) is 91.0 Å². The van der Waals surface area contributed by atoms with Gasteiger partial charge in [-0.15, -0.1) is 0 Å². The van der Waals surface area contributed by atoms with Crippen LogP contribution in [0.3, 0.4) is 0 Å². The molecule has 3 aromatic rings. The van der Waals surface area contributed by atoms with Gasteiger partial charge in [-0.3, -0.25) is 14.5 Å². The number of morpholine rings is 1. The second-order valence-corrected chi connectivity index (χ2v) is 13.4. The van der Waals surface area contributed by atoms with Crippen LogP contribution in [0.25, 0.3) is 0 Å². The third kappa shape index (κ3) is 9.15. The van der Waals surface area contributed by atoms with Gasteiger partial charge in [-0.1, -0.05) is 89.4 Å². The summed E-state index contributed by atoms with van der Waals surface area (Å²) in [6, 6.07) is 26.6. The number of anilines is 2. The predicted molar refractivity (Wildman–Crippen MR) is 180 cm³/mol. The second kappa shape index (κ2) is 15.3. The number of carbonyl (C=O) groups excluding carboxylic acids is 2. The normalized spacial score (nSPS) is 18.6. The zero-order chi connectivity index (χ0) is 31.7. The summed E-state index contributed by atoms with van der Waals surface area (Å²) in [5.41, 5.74) is 2.03. The van der Waals surface area contributed by atoms with Gasteiger partial charge in [-0.2, -0.15) is 0 Å². The third-order valence-corrected chi connectivity index (χ3v) is 8.51. The number of amides is 2. The molecule has 0 bridgehead atoms. The number of ether oxygens (including phenoxy) is 2. The molecule has 1 aliphatic carbocycles. The van der Waals surface area contributed by atoms with E-state index in [-0.39, 0.29) is 12.6 Å². The molecule has 1 saturated heterocycles. The molecule has 5 rings (SSSR count). The van der Waals surface area contributed by atoms with Gasteiger partial charge in [0.15, 0.2) is 0 Å². The summed E-state index contributed by atoms with van der Waals surface area (Å²) in [5, 5.41) is 6.30. The van der Waals surface area contributed by atoms with Gasteiger partial charge in [-0.25, -0.2) is 0 Å². The molecule has 2 N–H and O–H groups in total. The Labute approximate surface area is 279 Å². The van der Waals surface area contributed by atoms with Crippen molar-refractivity contribution in [2.45, 2.75) is 28.6 Å². The van der Waals surface area contributed by atoms with Gasteiger partial charge in [0.1, 0.15) is 12.4 Å². The Morgan fingerprint density at radius 2 is 1.62 bits per heavy atom. The molecule has 45 heavy (non-hydrogen) atoms. The van der Waals surface area contributed by atoms with Crippen molar-refractivity contribution in [3.05, 3.63) is 102 Å².